The lowest BCUT2D eigenvalue weighted by molar-refractivity contribution is 0.0691. The van der Waals surface area contributed by atoms with Gasteiger partial charge in [-0.1, -0.05) is 18.5 Å². The third-order valence-electron chi connectivity index (χ3n) is 3.32. The molecular formula is C12H13ClFNO4S. The normalized spacial score (nSPS) is 16.9. The molecule has 0 aromatic heterocycles. The number of benzene rings is 1. The zero-order valence-electron chi connectivity index (χ0n) is 10.6. The van der Waals surface area contributed by atoms with Crippen LogP contribution in [0.25, 0.3) is 0 Å². The van der Waals surface area contributed by atoms with Gasteiger partial charge in [-0.25, -0.2) is 22.3 Å². The van der Waals surface area contributed by atoms with Crippen LogP contribution in [0.4, 0.5) is 4.39 Å². The molecule has 1 aromatic carbocycles. The molecule has 1 aliphatic rings. The number of sulfonamides is 1. The number of rotatable bonds is 5. The Labute approximate surface area is 120 Å². The maximum atomic E-state index is 14.0. The van der Waals surface area contributed by atoms with Crippen LogP contribution < -0.4 is 4.72 Å². The summed E-state index contributed by atoms with van der Waals surface area (Å²) < 4.78 is 40.4. The summed E-state index contributed by atoms with van der Waals surface area (Å²) in [5, 5.41) is 8.68. The number of carbonyl (C=O) groups is 1. The van der Waals surface area contributed by atoms with E-state index in [-0.39, 0.29) is 17.0 Å². The number of nitrogens with one attached hydrogen (secondary N) is 1. The highest BCUT2D eigenvalue weighted by molar-refractivity contribution is 7.89. The zero-order chi connectivity index (χ0) is 15.1. The van der Waals surface area contributed by atoms with Crippen molar-refractivity contribution in [3.05, 3.63) is 28.5 Å². The lowest BCUT2D eigenvalue weighted by atomic mass is 10.2. The third kappa shape index (κ3) is 3.11. The van der Waals surface area contributed by atoms with Crippen molar-refractivity contribution in [1.29, 1.82) is 0 Å². The number of hydrogen-bond acceptors (Lipinski definition) is 3. The molecule has 1 aliphatic carbocycles. The summed E-state index contributed by atoms with van der Waals surface area (Å²) >= 11 is 5.65. The fourth-order valence-corrected chi connectivity index (χ4v) is 3.26. The summed E-state index contributed by atoms with van der Waals surface area (Å²) in [6.07, 6.45) is 1.79. The molecule has 1 saturated carbocycles. The molecule has 20 heavy (non-hydrogen) atoms. The van der Waals surface area contributed by atoms with Gasteiger partial charge in [0, 0.05) is 11.6 Å². The SMILES string of the molecule is CC1(CNS(=O)(=O)c2cc(Cl)cc(C(=O)O)c2F)CC1. The van der Waals surface area contributed by atoms with Crippen LogP contribution in [0.5, 0.6) is 0 Å². The summed E-state index contributed by atoms with van der Waals surface area (Å²) in [4.78, 5) is 10.1. The van der Waals surface area contributed by atoms with Crippen molar-refractivity contribution in [2.75, 3.05) is 6.54 Å². The summed E-state index contributed by atoms with van der Waals surface area (Å²) in [7, 11) is -4.14. The first-order valence-corrected chi connectivity index (χ1v) is 7.73. The number of carboxylic acid groups (broad SMARTS) is 1. The van der Waals surface area contributed by atoms with Gasteiger partial charge in [0.15, 0.2) is 5.82 Å². The molecule has 2 N–H and O–H groups in total. The van der Waals surface area contributed by atoms with Crippen molar-refractivity contribution in [2.45, 2.75) is 24.7 Å². The minimum absolute atomic E-state index is 0.0995. The second kappa shape index (κ2) is 4.98. The fraction of sp³-hybridized carbons (Fsp3) is 0.417. The Morgan fingerprint density at radius 1 is 1.50 bits per heavy atom. The standard InChI is InChI=1S/C12H13ClFNO4S/c1-12(2-3-12)6-15-20(18,19)9-5-7(13)4-8(10(9)14)11(16)17/h4-5,15H,2-3,6H2,1H3,(H,16,17). The zero-order valence-corrected chi connectivity index (χ0v) is 12.2. The molecule has 0 aliphatic heterocycles. The second-order valence-electron chi connectivity index (χ2n) is 5.21. The van der Waals surface area contributed by atoms with Crippen LogP contribution in [-0.4, -0.2) is 26.0 Å². The minimum Gasteiger partial charge on any atom is -0.478 e. The Morgan fingerprint density at radius 3 is 2.60 bits per heavy atom. The van der Waals surface area contributed by atoms with Gasteiger partial charge in [-0.05, 0) is 30.4 Å². The van der Waals surface area contributed by atoms with Gasteiger partial charge < -0.3 is 5.11 Å². The van der Waals surface area contributed by atoms with Gasteiger partial charge in [0.2, 0.25) is 10.0 Å². The van der Waals surface area contributed by atoms with E-state index in [4.69, 9.17) is 16.7 Å². The van der Waals surface area contributed by atoms with Gasteiger partial charge >= 0.3 is 5.97 Å². The fourth-order valence-electron chi connectivity index (χ4n) is 1.65. The van der Waals surface area contributed by atoms with Crippen LogP contribution in [0, 0.1) is 11.2 Å². The molecule has 0 heterocycles. The first-order valence-electron chi connectivity index (χ1n) is 5.87. The van der Waals surface area contributed by atoms with Crippen molar-refractivity contribution in [1.82, 2.24) is 4.72 Å². The highest BCUT2D eigenvalue weighted by atomic mass is 35.5. The molecule has 5 nitrogen and oxygen atoms in total. The van der Waals surface area contributed by atoms with Gasteiger partial charge in [-0.15, -0.1) is 0 Å². The Morgan fingerprint density at radius 2 is 2.10 bits per heavy atom. The first-order chi connectivity index (χ1) is 9.15. The molecule has 0 amide bonds. The number of carboxylic acids is 1. The van der Waals surface area contributed by atoms with Crippen molar-refractivity contribution in [3.63, 3.8) is 0 Å². The average Bonchev–Trinajstić information content (AvgIpc) is 3.08. The predicted octanol–water partition coefficient (Wildman–Crippen LogP) is 2.26. The monoisotopic (exact) mass is 321 g/mol. The van der Waals surface area contributed by atoms with Gasteiger partial charge in [0.1, 0.15) is 4.90 Å². The lowest BCUT2D eigenvalue weighted by Crippen LogP contribution is -2.30. The molecule has 0 bridgehead atoms. The second-order valence-corrected chi connectivity index (χ2v) is 7.38. The van der Waals surface area contributed by atoms with Crippen LogP contribution >= 0.6 is 11.6 Å². The molecule has 8 heteroatoms. The maximum absolute atomic E-state index is 14.0. The molecule has 1 aromatic rings. The van der Waals surface area contributed by atoms with Crippen molar-refractivity contribution < 1.29 is 22.7 Å². The molecule has 0 saturated heterocycles. The van der Waals surface area contributed by atoms with E-state index in [1.807, 2.05) is 6.92 Å². The van der Waals surface area contributed by atoms with Crippen molar-refractivity contribution >= 4 is 27.6 Å². The average molecular weight is 322 g/mol. The van der Waals surface area contributed by atoms with Crippen molar-refractivity contribution in [3.8, 4) is 0 Å². The Bertz CT molecular complexity index is 670. The largest absolute Gasteiger partial charge is 0.478 e. The quantitative estimate of drug-likeness (QED) is 0.871. The lowest BCUT2D eigenvalue weighted by Gasteiger charge is -2.12. The van der Waals surface area contributed by atoms with E-state index in [1.54, 1.807) is 0 Å². The van der Waals surface area contributed by atoms with Gasteiger partial charge in [0.25, 0.3) is 0 Å². The number of aromatic carboxylic acids is 1. The Hall–Kier alpha value is -1.18. The van der Waals surface area contributed by atoms with Crippen LogP contribution in [0.2, 0.25) is 5.02 Å². The van der Waals surface area contributed by atoms with Crippen molar-refractivity contribution in [2.24, 2.45) is 5.41 Å². The maximum Gasteiger partial charge on any atom is 0.338 e. The van der Waals surface area contributed by atoms with Gasteiger partial charge in [0.05, 0.1) is 5.56 Å². The number of halogens is 2. The number of hydrogen-bond donors (Lipinski definition) is 2. The molecule has 1 fully saturated rings. The van der Waals surface area contributed by atoms with Gasteiger partial charge in [-0.2, -0.15) is 0 Å². The molecule has 0 radical (unpaired) electrons. The summed E-state index contributed by atoms with van der Waals surface area (Å²) in [5.41, 5.74) is -0.868. The molecular weight excluding hydrogens is 309 g/mol. The first kappa shape index (κ1) is 15.2. The van der Waals surface area contributed by atoms with E-state index in [1.165, 1.54) is 0 Å². The van der Waals surface area contributed by atoms with E-state index in [9.17, 15) is 17.6 Å². The topological polar surface area (TPSA) is 83.5 Å². The Balaban J connectivity index is 2.37. The van der Waals surface area contributed by atoms with Gasteiger partial charge in [-0.3, -0.25) is 0 Å². The molecule has 0 spiro atoms. The third-order valence-corrected chi connectivity index (χ3v) is 4.94. The molecule has 0 atom stereocenters. The predicted molar refractivity (Wildman–Crippen MR) is 70.9 cm³/mol. The summed E-state index contributed by atoms with van der Waals surface area (Å²) in [5.74, 6) is -2.88. The smallest absolute Gasteiger partial charge is 0.338 e. The van der Waals surface area contributed by atoms with E-state index >= 15 is 0 Å². The highest BCUT2D eigenvalue weighted by Gasteiger charge is 2.38. The van der Waals surface area contributed by atoms with Crippen LogP contribution in [0.15, 0.2) is 17.0 Å². The molecule has 0 unspecified atom stereocenters. The summed E-state index contributed by atoms with van der Waals surface area (Å²) in [6.45, 7) is 2.09. The van der Waals surface area contributed by atoms with Crippen LogP contribution in [0.3, 0.4) is 0 Å². The van der Waals surface area contributed by atoms with E-state index < -0.39 is 32.3 Å². The van der Waals surface area contributed by atoms with E-state index in [0.717, 1.165) is 25.0 Å². The van der Waals surface area contributed by atoms with Crippen LogP contribution in [0.1, 0.15) is 30.1 Å². The Kier molecular flexibility index (Phi) is 3.79. The molecule has 2 rings (SSSR count). The summed E-state index contributed by atoms with van der Waals surface area (Å²) in [6, 6.07) is 1.78. The van der Waals surface area contributed by atoms with E-state index in [0.29, 0.717) is 0 Å². The minimum atomic E-state index is -4.14. The van der Waals surface area contributed by atoms with Crippen LogP contribution in [-0.2, 0) is 10.0 Å². The van der Waals surface area contributed by atoms with E-state index in [2.05, 4.69) is 4.72 Å². The molecule has 110 valence electrons. The highest BCUT2D eigenvalue weighted by Crippen LogP contribution is 2.44.